The first-order valence-corrected chi connectivity index (χ1v) is 7.33. The van der Waals surface area contributed by atoms with Crippen LogP contribution in [0.4, 0.5) is 4.79 Å². The van der Waals surface area contributed by atoms with E-state index in [0.29, 0.717) is 18.7 Å². The van der Waals surface area contributed by atoms with Gasteiger partial charge in [-0.2, -0.15) is 0 Å². The van der Waals surface area contributed by atoms with Crippen LogP contribution in [0.2, 0.25) is 0 Å². The molecule has 3 nitrogen and oxygen atoms in total. The quantitative estimate of drug-likeness (QED) is 0.810. The van der Waals surface area contributed by atoms with Crippen LogP contribution in [0.5, 0.6) is 0 Å². The van der Waals surface area contributed by atoms with Crippen molar-refractivity contribution in [2.75, 3.05) is 0 Å². The lowest BCUT2D eigenvalue weighted by Crippen LogP contribution is -2.40. The minimum absolute atomic E-state index is 0.113. The zero-order chi connectivity index (χ0) is 13.1. The third-order valence-electron chi connectivity index (χ3n) is 4.36. The summed E-state index contributed by atoms with van der Waals surface area (Å²) in [5.41, 5.74) is 1.05. The van der Waals surface area contributed by atoms with Gasteiger partial charge in [0, 0.05) is 12.1 Å². The van der Waals surface area contributed by atoms with Crippen molar-refractivity contribution in [2.24, 2.45) is 0 Å². The molecule has 19 heavy (non-hydrogen) atoms. The summed E-state index contributed by atoms with van der Waals surface area (Å²) in [5, 5.41) is 0. The number of nitrogens with zero attached hydrogens (tertiary/aromatic N) is 1. The Balaban J connectivity index is 1.61. The molecule has 0 N–H and O–H groups in total. The molecule has 0 saturated carbocycles. The molecule has 2 bridgehead atoms. The second kappa shape index (κ2) is 5.64. The Kier molecular flexibility index (Phi) is 3.72. The van der Waals surface area contributed by atoms with Gasteiger partial charge in [-0.1, -0.05) is 43.2 Å². The molecule has 2 saturated heterocycles. The molecular formula is C16H21NO2. The maximum atomic E-state index is 12.3. The van der Waals surface area contributed by atoms with E-state index >= 15 is 0 Å². The molecule has 2 heterocycles. The lowest BCUT2D eigenvalue weighted by atomic mass is 10.0. The number of benzene rings is 1. The first-order valence-electron chi connectivity index (χ1n) is 7.33. The van der Waals surface area contributed by atoms with Gasteiger partial charge >= 0.3 is 6.09 Å². The standard InChI is InChI=1S/C16H21NO2/c18-16(19-12-13-6-2-1-3-7-13)17-14-8-4-5-9-15(17)11-10-14/h1-3,6-7,14-15H,4-5,8-12H2. The number of amides is 1. The van der Waals surface area contributed by atoms with Crippen LogP contribution in [0.3, 0.4) is 0 Å². The third kappa shape index (κ3) is 2.75. The lowest BCUT2D eigenvalue weighted by molar-refractivity contribution is 0.0791. The Hall–Kier alpha value is -1.51. The molecule has 2 fully saturated rings. The van der Waals surface area contributed by atoms with E-state index in [9.17, 15) is 4.79 Å². The predicted octanol–water partition coefficient (Wildman–Crippen LogP) is 3.73. The van der Waals surface area contributed by atoms with E-state index in [1.165, 1.54) is 12.8 Å². The van der Waals surface area contributed by atoms with Gasteiger partial charge in [0.1, 0.15) is 6.61 Å². The van der Waals surface area contributed by atoms with Crippen molar-refractivity contribution in [2.45, 2.75) is 57.2 Å². The second-order valence-electron chi connectivity index (χ2n) is 5.62. The van der Waals surface area contributed by atoms with Crippen molar-refractivity contribution in [3.8, 4) is 0 Å². The SMILES string of the molecule is O=C(OCc1ccccc1)N1C2CCCCC1CC2. The Morgan fingerprint density at radius 1 is 1.05 bits per heavy atom. The Morgan fingerprint density at radius 2 is 1.68 bits per heavy atom. The average molecular weight is 259 g/mol. The highest BCUT2D eigenvalue weighted by molar-refractivity contribution is 5.69. The van der Waals surface area contributed by atoms with Gasteiger partial charge in [0.15, 0.2) is 0 Å². The molecule has 0 aromatic heterocycles. The molecule has 1 aromatic carbocycles. The largest absolute Gasteiger partial charge is 0.445 e. The Morgan fingerprint density at radius 3 is 2.32 bits per heavy atom. The minimum Gasteiger partial charge on any atom is -0.445 e. The second-order valence-corrected chi connectivity index (χ2v) is 5.62. The number of carbonyl (C=O) groups is 1. The molecule has 0 aliphatic carbocycles. The number of fused-ring (bicyclic) bond motifs is 2. The number of carbonyl (C=O) groups excluding carboxylic acids is 1. The maximum absolute atomic E-state index is 12.3. The smallest absolute Gasteiger partial charge is 0.410 e. The van der Waals surface area contributed by atoms with Gasteiger partial charge < -0.3 is 9.64 Å². The molecule has 2 aliphatic rings. The van der Waals surface area contributed by atoms with Crippen molar-refractivity contribution in [1.29, 1.82) is 0 Å². The van der Waals surface area contributed by atoms with Gasteiger partial charge in [-0.25, -0.2) is 4.79 Å². The molecule has 0 radical (unpaired) electrons. The third-order valence-corrected chi connectivity index (χ3v) is 4.36. The summed E-state index contributed by atoms with van der Waals surface area (Å²) in [6.07, 6.45) is 7.01. The maximum Gasteiger partial charge on any atom is 0.410 e. The topological polar surface area (TPSA) is 29.5 Å². The van der Waals surface area contributed by atoms with Crippen LogP contribution < -0.4 is 0 Å². The van der Waals surface area contributed by atoms with Gasteiger partial charge in [0.2, 0.25) is 0 Å². The number of ether oxygens (including phenoxy) is 1. The van der Waals surface area contributed by atoms with Gasteiger partial charge in [-0.05, 0) is 31.2 Å². The summed E-state index contributed by atoms with van der Waals surface area (Å²) in [6.45, 7) is 0.385. The molecule has 0 spiro atoms. The first-order chi connectivity index (χ1) is 9.34. The highest BCUT2D eigenvalue weighted by Crippen LogP contribution is 2.34. The number of rotatable bonds is 2. The molecule has 102 valence electrons. The molecular weight excluding hydrogens is 238 g/mol. The van der Waals surface area contributed by atoms with Crippen LogP contribution in [0.25, 0.3) is 0 Å². The van der Waals surface area contributed by atoms with E-state index < -0.39 is 0 Å². The fourth-order valence-electron chi connectivity index (χ4n) is 3.38. The Bertz CT molecular complexity index is 418. The van der Waals surface area contributed by atoms with Crippen molar-refractivity contribution >= 4 is 6.09 Å². The number of hydrogen-bond acceptors (Lipinski definition) is 2. The van der Waals surface area contributed by atoms with Crippen LogP contribution in [-0.2, 0) is 11.3 Å². The summed E-state index contributed by atoms with van der Waals surface area (Å²) in [4.78, 5) is 14.3. The van der Waals surface area contributed by atoms with Crippen molar-refractivity contribution < 1.29 is 9.53 Å². The van der Waals surface area contributed by atoms with Crippen LogP contribution in [-0.4, -0.2) is 23.1 Å². The molecule has 1 amide bonds. The molecule has 2 unspecified atom stereocenters. The zero-order valence-electron chi connectivity index (χ0n) is 11.3. The lowest BCUT2D eigenvalue weighted by Gasteiger charge is -2.27. The highest BCUT2D eigenvalue weighted by Gasteiger charge is 2.38. The normalized spacial score (nSPS) is 26.0. The molecule has 1 aromatic rings. The van der Waals surface area contributed by atoms with Gasteiger partial charge in [-0.15, -0.1) is 0 Å². The van der Waals surface area contributed by atoms with E-state index in [0.717, 1.165) is 31.2 Å². The zero-order valence-corrected chi connectivity index (χ0v) is 11.3. The van der Waals surface area contributed by atoms with Crippen LogP contribution in [0.1, 0.15) is 44.1 Å². The monoisotopic (exact) mass is 259 g/mol. The minimum atomic E-state index is -0.113. The fraction of sp³-hybridized carbons (Fsp3) is 0.562. The molecule has 2 atom stereocenters. The van der Waals surface area contributed by atoms with Crippen molar-refractivity contribution in [3.63, 3.8) is 0 Å². The van der Waals surface area contributed by atoms with Gasteiger partial charge in [0.25, 0.3) is 0 Å². The van der Waals surface area contributed by atoms with E-state index in [4.69, 9.17) is 4.74 Å². The first kappa shape index (κ1) is 12.5. The predicted molar refractivity (Wildman–Crippen MR) is 73.7 cm³/mol. The average Bonchev–Trinajstić information content (AvgIpc) is 2.71. The van der Waals surface area contributed by atoms with Crippen molar-refractivity contribution in [3.05, 3.63) is 35.9 Å². The summed E-state index contributed by atoms with van der Waals surface area (Å²) < 4.78 is 5.49. The van der Waals surface area contributed by atoms with E-state index in [-0.39, 0.29) is 6.09 Å². The number of hydrogen-bond donors (Lipinski definition) is 0. The highest BCUT2D eigenvalue weighted by atomic mass is 16.6. The summed E-state index contributed by atoms with van der Waals surface area (Å²) in [6, 6.07) is 10.7. The summed E-state index contributed by atoms with van der Waals surface area (Å²) in [5.74, 6) is 0. The van der Waals surface area contributed by atoms with Gasteiger partial charge in [0.05, 0.1) is 0 Å². The van der Waals surface area contributed by atoms with E-state index in [1.54, 1.807) is 0 Å². The summed E-state index contributed by atoms with van der Waals surface area (Å²) >= 11 is 0. The Labute approximate surface area is 114 Å². The molecule has 3 heteroatoms. The molecule has 3 rings (SSSR count). The molecule has 2 aliphatic heterocycles. The van der Waals surface area contributed by atoms with E-state index in [1.807, 2.05) is 35.2 Å². The van der Waals surface area contributed by atoms with Crippen LogP contribution in [0, 0.1) is 0 Å². The van der Waals surface area contributed by atoms with Crippen LogP contribution >= 0.6 is 0 Å². The van der Waals surface area contributed by atoms with Crippen molar-refractivity contribution in [1.82, 2.24) is 4.90 Å². The van der Waals surface area contributed by atoms with Gasteiger partial charge in [-0.3, -0.25) is 0 Å². The van der Waals surface area contributed by atoms with E-state index in [2.05, 4.69) is 0 Å². The summed E-state index contributed by atoms with van der Waals surface area (Å²) in [7, 11) is 0. The fourth-order valence-corrected chi connectivity index (χ4v) is 3.38. The van der Waals surface area contributed by atoms with Crippen LogP contribution in [0.15, 0.2) is 30.3 Å².